The Morgan fingerprint density at radius 1 is 1.12 bits per heavy atom. The molecule has 0 aromatic rings. The molecule has 0 aromatic carbocycles. The van der Waals surface area contributed by atoms with Crippen LogP contribution in [0.5, 0.6) is 0 Å². The molecule has 0 radical (unpaired) electrons. The summed E-state index contributed by atoms with van der Waals surface area (Å²) in [5, 5.41) is 3.25. The van der Waals surface area contributed by atoms with Gasteiger partial charge in [0.1, 0.15) is 0 Å². The second-order valence-electron chi connectivity index (χ2n) is 6.41. The Morgan fingerprint density at radius 2 is 1.65 bits per heavy atom. The Kier molecular flexibility index (Phi) is 6.22. The summed E-state index contributed by atoms with van der Waals surface area (Å²) in [7, 11) is 0. The van der Waals surface area contributed by atoms with Crippen molar-refractivity contribution in [2.75, 3.05) is 0 Å². The lowest BCUT2D eigenvalue weighted by molar-refractivity contribution is -0.126. The van der Waals surface area contributed by atoms with Gasteiger partial charge < -0.3 is 5.32 Å². The van der Waals surface area contributed by atoms with E-state index in [2.05, 4.69) is 46.9 Å². The van der Waals surface area contributed by atoms with Crippen LogP contribution in [0.3, 0.4) is 0 Å². The molecule has 0 saturated carbocycles. The van der Waals surface area contributed by atoms with Crippen LogP contribution in [0.15, 0.2) is 0 Å². The van der Waals surface area contributed by atoms with Crippen LogP contribution in [-0.2, 0) is 4.79 Å². The molecular weight excluding hydrogens is 210 g/mol. The van der Waals surface area contributed by atoms with Gasteiger partial charge in [-0.2, -0.15) is 0 Å². The smallest absolute Gasteiger partial charge is 0.223 e. The number of rotatable bonds is 7. The van der Waals surface area contributed by atoms with Crippen molar-refractivity contribution >= 4 is 5.91 Å². The second-order valence-corrected chi connectivity index (χ2v) is 6.41. The summed E-state index contributed by atoms with van der Waals surface area (Å²) in [6.07, 6.45) is 4.07. The van der Waals surface area contributed by atoms with Crippen molar-refractivity contribution in [1.82, 2.24) is 5.32 Å². The van der Waals surface area contributed by atoms with Gasteiger partial charge in [-0.05, 0) is 31.6 Å². The van der Waals surface area contributed by atoms with E-state index in [0.29, 0.717) is 0 Å². The van der Waals surface area contributed by atoms with E-state index in [1.54, 1.807) is 0 Å². The topological polar surface area (TPSA) is 29.1 Å². The molecule has 0 heterocycles. The first kappa shape index (κ1) is 16.5. The average Bonchev–Trinajstić information content (AvgIpc) is 2.27. The van der Waals surface area contributed by atoms with Gasteiger partial charge >= 0.3 is 0 Å². The molecule has 2 heteroatoms. The lowest BCUT2D eigenvalue weighted by atomic mass is 9.76. The van der Waals surface area contributed by atoms with Gasteiger partial charge in [0.05, 0.1) is 0 Å². The molecule has 0 bridgehead atoms. The molecule has 0 fully saturated rings. The Bertz CT molecular complexity index is 247. The molecule has 0 saturated heterocycles. The Labute approximate surface area is 108 Å². The van der Waals surface area contributed by atoms with E-state index >= 15 is 0 Å². The van der Waals surface area contributed by atoms with Crippen molar-refractivity contribution < 1.29 is 4.79 Å². The summed E-state index contributed by atoms with van der Waals surface area (Å²) in [5.74, 6) is 0.314. The highest BCUT2D eigenvalue weighted by Crippen LogP contribution is 2.32. The summed E-state index contributed by atoms with van der Waals surface area (Å²) in [6.45, 7) is 15.1. The number of nitrogens with one attached hydrogen (secondary N) is 1. The third-order valence-corrected chi connectivity index (χ3v) is 4.09. The number of carbonyl (C=O) groups excluding carboxylic acids is 1. The summed E-state index contributed by atoms with van der Waals surface area (Å²) in [6, 6.07) is 0. The van der Waals surface area contributed by atoms with E-state index in [-0.39, 0.29) is 22.8 Å². The third-order valence-electron chi connectivity index (χ3n) is 4.09. The zero-order valence-electron chi connectivity index (χ0n) is 12.8. The average molecular weight is 241 g/mol. The van der Waals surface area contributed by atoms with Crippen molar-refractivity contribution in [1.29, 1.82) is 0 Å². The molecule has 0 spiro atoms. The van der Waals surface area contributed by atoms with E-state index in [1.165, 1.54) is 0 Å². The van der Waals surface area contributed by atoms with E-state index in [1.807, 2.05) is 6.92 Å². The van der Waals surface area contributed by atoms with Crippen LogP contribution < -0.4 is 5.32 Å². The Morgan fingerprint density at radius 3 is 2.00 bits per heavy atom. The van der Waals surface area contributed by atoms with Crippen molar-refractivity contribution in [3.8, 4) is 0 Å². The molecular formula is C15H31NO. The first-order valence-electron chi connectivity index (χ1n) is 7.01. The van der Waals surface area contributed by atoms with Crippen LogP contribution >= 0.6 is 0 Å². The van der Waals surface area contributed by atoms with E-state index in [0.717, 1.165) is 25.7 Å². The standard InChI is InChI=1S/C15H31NO/c1-8-12(4)13(17)16-15(7,10-3)11-14(5,6)9-2/h12H,8-11H2,1-7H3,(H,16,17). The number of amides is 1. The number of carbonyl (C=O) groups is 1. The molecule has 0 aliphatic heterocycles. The van der Waals surface area contributed by atoms with Crippen LogP contribution in [0, 0.1) is 11.3 Å². The predicted octanol–water partition coefficient (Wildman–Crippen LogP) is 4.14. The van der Waals surface area contributed by atoms with Crippen molar-refractivity contribution in [3.63, 3.8) is 0 Å². The maximum absolute atomic E-state index is 12.0. The summed E-state index contributed by atoms with van der Waals surface area (Å²) >= 11 is 0. The SMILES string of the molecule is CCC(C)C(=O)NC(C)(CC)CC(C)(C)CC. The third kappa shape index (κ3) is 5.56. The summed E-state index contributed by atoms with van der Waals surface area (Å²) in [4.78, 5) is 12.0. The molecule has 2 unspecified atom stereocenters. The first-order chi connectivity index (χ1) is 7.69. The highest BCUT2D eigenvalue weighted by atomic mass is 16.2. The predicted molar refractivity (Wildman–Crippen MR) is 75.0 cm³/mol. The molecule has 1 amide bonds. The van der Waals surface area contributed by atoms with Gasteiger partial charge in [0.25, 0.3) is 0 Å². The van der Waals surface area contributed by atoms with Gasteiger partial charge in [0, 0.05) is 11.5 Å². The monoisotopic (exact) mass is 241 g/mol. The maximum Gasteiger partial charge on any atom is 0.223 e. The fraction of sp³-hybridized carbons (Fsp3) is 0.933. The molecule has 0 aromatic heterocycles. The summed E-state index contributed by atoms with van der Waals surface area (Å²) in [5.41, 5.74) is 0.216. The lowest BCUT2D eigenvalue weighted by Gasteiger charge is -2.38. The molecule has 2 nitrogen and oxygen atoms in total. The lowest BCUT2D eigenvalue weighted by Crippen LogP contribution is -2.49. The molecule has 0 aliphatic rings. The fourth-order valence-electron chi connectivity index (χ4n) is 2.04. The van der Waals surface area contributed by atoms with Gasteiger partial charge in [0.2, 0.25) is 5.91 Å². The molecule has 17 heavy (non-hydrogen) atoms. The molecule has 2 atom stereocenters. The molecule has 1 N–H and O–H groups in total. The summed E-state index contributed by atoms with van der Waals surface area (Å²) < 4.78 is 0. The molecule has 0 aliphatic carbocycles. The van der Waals surface area contributed by atoms with Gasteiger partial charge in [-0.1, -0.05) is 48.0 Å². The van der Waals surface area contributed by atoms with Crippen LogP contribution in [0.1, 0.15) is 74.1 Å². The van der Waals surface area contributed by atoms with Crippen molar-refractivity contribution in [2.45, 2.75) is 79.7 Å². The second kappa shape index (κ2) is 6.42. The van der Waals surface area contributed by atoms with Crippen molar-refractivity contribution in [2.24, 2.45) is 11.3 Å². The normalized spacial score (nSPS) is 17.4. The highest BCUT2D eigenvalue weighted by molar-refractivity contribution is 5.78. The number of hydrogen-bond acceptors (Lipinski definition) is 1. The molecule has 0 rings (SSSR count). The minimum atomic E-state index is -0.0694. The van der Waals surface area contributed by atoms with Crippen LogP contribution in [0.2, 0.25) is 0 Å². The fourth-order valence-corrected chi connectivity index (χ4v) is 2.04. The Hall–Kier alpha value is -0.530. The van der Waals surface area contributed by atoms with Gasteiger partial charge in [-0.15, -0.1) is 0 Å². The molecule has 102 valence electrons. The Balaban J connectivity index is 4.63. The minimum Gasteiger partial charge on any atom is -0.351 e. The van der Waals surface area contributed by atoms with E-state index in [9.17, 15) is 4.79 Å². The number of hydrogen-bond donors (Lipinski definition) is 1. The van der Waals surface area contributed by atoms with E-state index < -0.39 is 0 Å². The first-order valence-corrected chi connectivity index (χ1v) is 7.01. The zero-order valence-corrected chi connectivity index (χ0v) is 12.8. The van der Waals surface area contributed by atoms with Gasteiger partial charge in [-0.3, -0.25) is 4.79 Å². The van der Waals surface area contributed by atoms with Crippen LogP contribution in [-0.4, -0.2) is 11.4 Å². The van der Waals surface area contributed by atoms with Crippen LogP contribution in [0.4, 0.5) is 0 Å². The highest BCUT2D eigenvalue weighted by Gasteiger charge is 2.32. The van der Waals surface area contributed by atoms with E-state index in [4.69, 9.17) is 0 Å². The van der Waals surface area contributed by atoms with Gasteiger partial charge in [0.15, 0.2) is 0 Å². The zero-order chi connectivity index (χ0) is 13.7. The quantitative estimate of drug-likeness (QED) is 0.713. The minimum absolute atomic E-state index is 0.0694. The largest absolute Gasteiger partial charge is 0.351 e. The van der Waals surface area contributed by atoms with Crippen LogP contribution in [0.25, 0.3) is 0 Å². The van der Waals surface area contributed by atoms with Crippen molar-refractivity contribution in [3.05, 3.63) is 0 Å². The van der Waals surface area contributed by atoms with Gasteiger partial charge in [-0.25, -0.2) is 0 Å². The maximum atomic E-state index is 12.0.